The number of anilines is 1. The average molecular weight is 256 g/mol. The topological polar surface area (TPSA) is 29.0 Å². The van der Waals surface area contributed by atoms with Crippen LogP contribution in [0.4, 0.5) is 5.82 Å². The lowest BCUT2D eigenvalue weighted by molar-refractivity contribution is 0.443. The molecule has 0 radical (unpaired) electrons. The Bertz CT molecular complexity index is 299. The molecule has 1 aliphatic heterocycles. The molecular weight excluding hydrogens is 242 g/mol. The lowest BCUT2D eigenvalue weighted by Gasteiger charge is -2.31. The second kappa shape index (κ2) is 4.26. The molecule has 0 aliphatic carbocycles. The molecule has 1 fully saturated rings. The molecular formula is C10H14BrN3. The van der Waals surface area contributed by atoms with Gasteiger partial charge >= 0.3 is 0 Å². The third-order valence-corrected chi connectivity index (χ3v) is 3.02. The van der Waals surface area contributed by atoms with Crippen LogP contribution < -0.4 is 4.90 Å². The summed E-state index contributed by atoms with van der Waals surface area (Å²) in [4.78, 5) is 2.31. The van der Waals surface area contributed by atoms with Crippen molar-refractivity contribution in [1.29, 1.82) is 0 Å². The van der Waals surface area contributed by atoms with E-state index in [4.69, 9.17) is 0 Å². The van der Waals surface area contributed by atoms with Crippen molar-refractivity contribution in [2.75, 3.05) is 18.0 Å². The Balaban J connectivity index is 2.10. The van der Waals surface area contributed by atoms with Crippen LogP contribution in [-0.4, -0.2) is 23.3 Å². The predicted octanol–water partition coefficient (Wildman–Crippen LogP) is 2.48. The highest BCUT2D eigenvalue weighted by atomic mass is 79.9. The molecule has 4 heteroatoms. The quantitative estimate of drug-likeness (QED) is 0.772. The third-order valence-electron chi connectivity index (χ3n) is 2.60. The third kappa shape index (κ3) is 2.23. The Hall–Kier alpha value is -0.640. The number of hydrogen-bond acceptors (Lipinski definition) is 3. The molecule has 2 heterocycles. The molecule has 0 saturated carbocycles. The van der Waals surface area contributed by atoms with Crippen LogP contribution in [0.5, 0.6) is 0 Å². The molecule has 1 aliphatic rings. The Morgan fingerprint density at radius 1 is 1.43 bits per heavy atom. The fraction of sp³-hybridized carbons (Fsp3) is 0.600. The van der Waals surface area contributed by atoms with Crippen LogP contribution in [0.3, 0.4) is 0 Å². The van der Waals surface area contributed by atoms with Crippen molar-refractivity contribution in [3.63, 3.8) is 0 Å². The molecule has 0 amide bonds. The molecule has 0 bridgehead atoms. The largest absolute Gasteiger partial charge is 0.355 e. The summed E-state index contributed by atoms with van der Waals surface area (Å²) in [6, 6.07) is 3.97. The van der Waals surface area contributed by atoms with Gasteiger partial charge in [0.2, 0.25) is 0 Å². The standard InChI is InChI=1S/C10H14BrN3/c1-8-3-2-6-14(7-8)10-5-4-9(11)12-13-10/h4-5,8H,2-3,6-7H2,1H3. The Kier molecular flexibility index (Phi) is 3.01. The van der Waals surface area contributed by atoms with Gasteiger partial charge in [0.15, 0.2) is 5.82 Å². The van der Waals surface area contributed by atoms with Crippen molar-refractivity contribution in [3.05, 3.63) is 16.7 Å². The summed E-state index contributed by atoms with van der Waals surface area (Å²) in [5, 5.41) is 8.17. The first-order valence-corrected chi connectivity index (χ1v) is 5.79. The smallest absolute Gasteiger partial charge is 0.151 e. The first-order chi connectivity index (χ1) is 6.75. The molecule has 0 N–H and O–H groups in total. The monoisotopic (exact) mass is 255 g/mol. The number of halogens is 1. The van der Waals surface area contributed by atoms with Crippen LogP contribution >= 0.6 is 15.9 Å². The minimum atomic E-state index is 0.772. The summed E-state index contributed by atoms with van der Waals surface area (Å²) in [6.45, 7) is 4.51. The lowest BCUT2D eigenvalue weighted by atomic mass is 10.0. The molecule has 14 heavy (non-hydrogen) atoms. The highest BCUT2D eigenvalue weighted by molar-refractivity contribution is 9.10. The van der Waals surface area contributed by atoms with Gasteiger partial charge in [-0.2, -0.15) is 0 Å². The van der Waals surface area contributed by atoms with E-state index in [1.54, 1.807) is 0 Å². The number of hydrogen-bond donors (Lipinski definition) is 0. The number of nitrogens with zero attached hydrogens (tertiary/aromatic N) is 3. The van der Waals surface area contributed by atoms with Crippen molar-refractivity contribution in [3.8, 4) is 0 Å². The molecule has 3 nitrogen and oxygen atoms in total. The molecule has 1 saturated heterocycles. The van der Waals surface area contributed by atoms with E-state index >= 15 is 0 Å². The van der Waals surface area contributed by atoms with Crippen molar-refractivity contribution in [2.24, 2.45) is 5.92 Å². The summed E-state index contributed by atoms with van der Waals surface area (Å²) in [5.74, 6) is 1.77. The van der Waals surface area contributed by atoms with Crippen molar-refractivity contribution < 1.29 is 0 Å². The van der Waals surface area contributed by atoms with E-state index in [2.05, 4.69) is 38.0 Å². The van der Waals surface area contributed by atoms with Gasteiger partial charge < -0.3 is 4.90 Å². The second-order valence-electron chi connectivity index (χ2n) is 3.91. The van der Waals surface area contributed by atoms with Crippen molar-refractivity contribution in [1.82, 2.24) is 10.2 Å². The highest BCUT2D eigenvalue weighted by Gasteiger charge is 2.17. The van der Waals surface area contributed by atoms with Gasteiger partial charge in [-0.15, -0.1) is 10.2 Å². The van der Waals surface area contributed by atoms with E-state index in [9.17, 15) is 0 Å². The van der Waals surface area contributed by atoms with Gasteiger partial charge in [0.25, 0.3) is 0 Å². The molecule has 2 rings (SSSR count). The summed E-state index contributed by atoms with van der Waals surface area (Å²) in [7, 11) is 0. The van der Waals surface area contributed by atoms with E-state index < -0.39 is 0 Å². The molecule has 1 unspecified atom stereocenters. The zero-order valence-electron chi connectivity index (χ0n) is 8.28. The maximum absolute atomic E-state index is 4.17. The first kappa shape index (κ1) is 9.90. The van der Waals surface area contributed by atoms with Gasteiger partial charge in [-0.05, 0) is 46.8 Å². The lowest BCUT2D eigenvalue weighted by Crippen LogP contribution is -2.34. The number of rotatable bonds is 1. The first-order valence-electron chi connectivity index (χ1n) is 5.00. The normalized spacial score (nSPS) is 22.4. The van der Waals surface area contributed by atoms with Crippen LogP contribution in [0.2, 0.25) is 0 Å². The fourth-order valence-electron chi connectivity index (χ4n) is 1.88. The van der Waals surface area contributed by atoms with E-state index in [0.29, 0.717) is 0 Å². The number of aromatic nitrogens is 2. The molecule has 0 aromatic carbocycles. The minimum absolute atomic E-state index is 0.772. The average Bonchev–Trinajstić information content (AvgIpc) is 2.19. The van der Waals surface area contributed by atoms with E-state index in [-0.39, 0.29) is 0 Å². The summed E-state index contributed by atoms with van der Waals surface area (Å²) in [5.41, 5.74) is 0. The summed E-state index contributed by atoms with van der Waals surface area (Å²) < 4.78 is 0.798. The SMILES string of the molecule is CC1CCCN(c2ccc(Br)nn2)C1. The van der Waals surface area contributed by atoms with E-state index in [1.165, 1.54) is 12.8 Å². The Morgan fingerprint density at radius 2 is 2.29 bits per heavy atom. The molecule has 1 atom stereocenters. The molecule has 1 aromatic heterocycles. The summed E-state index contributed by atoms with van der Waals surface area (Å²) in [6.07, 6.45) is 2.60. The highest BCUT2D eigenvalue weighted by Crippen LogP contribution is 2.20. The second-order valence-corrected chi connectivity index (χ2v) is 4.72. The Labute approximate surface area is 92.7 Å². The van der Waals surface area contributed by atoms with Crippen LogP contribution in [0.1, 0.15) is 19.8 Å². The van der Waals surface area contributed by atoms with Gasteiger partial charge in [-0.3, -0.25) is 0 Å². The van der Waals surface area contributed by atoms with E-state index in [1.807, 2.05) is 12.1 Å². The van der Waals surface area contributed by atoms with E-state index in [0.717, 1.165) is 29.4 Å². The van der Waals surface area contributed by atoms with Crippen LogP contribution in [0.15, 0.2) is 16.7 Å². The van der Waals surface area contributed by atoms with Gasteiger partial charge in [0.05, 0.1) is 0 Å². The zero-order valence-corrected chi connectivity index (χ0v) is 9.87. The van der Waals surface area contributed by atoms with Crippen molar-refractivity contribution >= 4 is 21.7 Å². The maximum atomic E-state index is 4.17. The number of piperidine rings is 1. The van der Waals surface area contributed by atoms with Gasteiger partial charge in [-0.1, -0.05) is 6.92 Å². The predicted molar refractivity (Wildman–Crippen MR) is 60.3 cm³/mol. The van der Waals surface area contributed by atoms with Gasteiger partial charge in [0.1, 0.15) is 4.60 Å². The molecule has 1 aromatic rings. The maximum Gasteiger partial charge on any atom is 0.151 e. The molecule has 76 valence electrons. The van der Waals surface area contributed by atoms with Gasteiger partial charge in [0, 0.05) is 13.1 Å². The summed E-state index contributed by atoms with van der Waals surface area (Å²) >= 11 is 3.29. The Morgan fingerprint density at radius 3 is 2.93 bits per heavy atom. The van der Waals surface area contributed by atoms with Gasteiger partial charge in [-0.25, -0.2) is 0 Å². The van der Waals surface area contributed by atoms with Crippen molar-refractivity contribution in [2.45, 2.75) is 19.8 Å². The fourth-order valence-corrected chi connectivity index (χ4v) is 2.09. The molecule has 0 spiro atoms. The van der Waals surface area contributed by atoms with Crippen LogP contribution in [-0.2, 0) is 0 Å². The zero-order chi connectivity index (χ0) is 9.97. The van der Waals surface area contributed by atoms with Crippen LogP contribution in [0.25, 0.3) is 0 Å². The van der Waals surface area contributed by atoms with Crippen LogP contribution in [0, 0.1) is 5.92 Å². The minimum Gasteiger partial charge on any atom is -0.355 e.